The zero-order valence-electron chi connectivity index (χ0n) is 18.4. The lowest BCUT2D eigenvalue weighted by Crippen LogP contribution is -2.51. The van der Waals surface area contributed by atoms with E-state index in [4.69, 9.17) is 9.15 Å². The highest BCUT2D eigenvalue weighted by Gasteiger charge is 2.30. The lowest BCUT2D eigenvalue weighted by atomic mass is 10.1. The van der Waals surface area contributed by atoms with Crippen molar-refractivity contribution in [2.75, 3.05) is 32.8 Å². The Bertz CT molecular complexity index is 1330. The van der Waals surface area contributed by atoms with E-state index in [1.54, 1.807) is 18.2 Å². The molecule has 2 aromatic carbocycles. The molecule has 0 unspecified atom stereocenters. The van der Waals surface area contributed by atoms with Gasteiger partial charge in [0, 0.05) is 43.9 Å². The molecule has 0 spiro atoms. The molecular formula is C23H21N3O8S. The molecule has 4 rings (SSSR count). The fourth-order valence-corrected chi connectivity index (χ4v) is 5.00. The molecule has 3 aromatic rings. The topological polar surface area (TPSA) is 140 Å². The zero-order valence-corrected chi connectivity index (χ0v) is 19.2. The summed E-state index contributed by atoms with van der Waals surface area (Å²) in [4.78, 5) is 36.6. The number of nitrogens with zero attached hydrogens (tertiary/aromatic N) is 3. The maximum absolute atomic E-state index is 12.7. The Morgan fingerprint density at radius 3 is 2.23 bits per heavy atom. The lowest BCUT2D eigenvalue weighted by molar-refractivity contribution is -0.384. The third-order valence-corrected chi connectivity index (χ3v) is 7.38. The van der Waals surface area contributed by atoms with Gasteiger partial charge in [-0.2, -0.15) is 4.31 Å². The molecule has 1 aliphatic rings. The van der Waals surface area contributed by atoms with Crippen LogP contribution >= 0.6 is 0 Å². The molecule has 0 N–H and O–H groups in total. The van der Waals surface area contributed by atoms with Gasteiger partial charge in [-0.3, -0.25) is 14.9 Å². The number of sulfonamides is 1. The predicted octanol–water partition coefficient (Wildman–Crippen LogP) is 2.54. The number of amides is 1. The average molecular weight is 500 g/mol. The van der Waals surface area contributed by atoms with Gasteiger partial charge in [-0.15, -0.1) is 0 Å². The molecule has 1 fully saturated rings. The summed E-state index contributed by atoms with van der Waals surface area (Å²) >= 11 is 0. The number of piperazine rings is 1. The number of furan rings is 1. The van der Waals surface area contributed by atoms with E-state index in [9.17, 15) is 28.1 Å². The highest BCUT2D eigenvalue weighted by Crippen LogP contribution is 2.25. The first kappa shape index (κ1) is 24.1. The van der Waals surface area contributed by atoms with Gasteiger partial charge >= 0.3 is 5.97 Å². The molecular weight excluding hydrogens is 478 g/mol. The minimum absolute atomic E-state index is 0.0723. The summed E-state index contributed by atoms with van der Waals surface area (Å²) < 4.78 is 37.2. The van der Waals surface area contributed by atoms with Gasteiger partial charge in [0.25, 0.3) is 11.6 Å². The summed E-state index contributed by atoms with van der Waals surface area (Å²) in [5.74, 6) is -1.09. The average Bonchev–Trinajstić information content (AvgIpc) is 3.38. The summed E-state index contributed by atoms with van der Waals surface area (Å²) in [6, 6.07) is 16.6. The lowest BCUT2D eigenvalue weighted by Gasteiger charge is -2.33. The predicted molar refractivity (Wildman–Crippen MR) is 123 cm³/mol. The van der Waals surface area contributed by atoms with Crippen molar-refractivity contribution in [3.8, 4) is 11.3 Å². The maximum Gasteiger partial charge on any atom is 0.374 e. The van der Waals surface area contributed by atoms with Gasteiger partial charge in [-0.25, -0.2) is 13.2 Å². The van der Waals surface area contributed by atoms with E-state index in [1.807, 2.05) is 0 Å². The van der Waals surface area contributed by atoms with Crippen LogP contribution in [0.1, 0.15) is 10.6 Å². The smallest absolute Gasteiger partial charge is 0.374 e. The normalized spacial score (nSPS) is 14.5. The molecule has 1 aromatic heterocycles. The number of carbonyl (C=O) groups excluding carboxylic acids is 2. The molecule has 12 heteroatoms. The number of carbonyl (C=O) groups is 2. The SMILES string of the molecule is O=C(OCC(=O)N1CCN(S(=O)(=O)c2ccccc2)CC1)c1ccc(-c2ccc([N+](=O)[O-])cc2)o1. The highest BCUT2D eigenvalue weighted by molar-refractivity contribution is 7.89. The van der Waals surface area contributed by atoms with Crippen molar-refractivity contribution in [3.05, 3.63) is 82.6 Å². The van der Waals surface area contributed by atoms with Crippen molar-refractivity contribution in [1.82, 2.24) is 9.21 Å². The summed E-state index contributed by atoms with van der Waals surface area (Å²) in [5.41, 5.74) is 0.464. The largest absolute Gasteiger partial charge is 0.450 e. The van der Waals surface area contributed by atoms with Gasteiger partial charge < -0.3 is 14.1 Å². The molecule has 0 atom stereocenters. The van der Waals surface area contributed by atoms with E-state index >= 15 is 0 Å². The minimum atomic E-state index is -3.64. The summed E-state index contributed by atoms with van der Waals surface area (Å²) in [5, 5.41) is 10.8. The van der Waals surface area contributed by atoms with Crippen molar-refractivity contribution in [2.45, 2.75) is 4.90 Å². The first-order chi connectivity index (χ1) is 16.8. The fraction of sp³-hybridized carbons (Fsp3) is 0.217. The zero-order chi connectivity index (χ0) is 25.0. The Hall–Kier alpha value is -4.03. The number of hydrogen-bond donors (Lipinski definition) is 0. The van der Waals surface area contributed by atoms with Gasteiger partial charge in [0.15, 0.2) is 6.61 Å². The first-order valence-corrected chi connectivity index (χ1v) is 12.0. The maximum atomic E-state index is 12.7. The standard InChI is InChI=1S/C23H21N3O8S/c27-22(24-12-14-25(15-13-24)35(31,32)19-4-2-1-3-5-19)16-33-23(28)21-11-10-20(34-21)17-6-8-18(9-7-17)26(29)30/h1-11H,12-16H2. The fourth-order valence-electron chi connectivity index (χ4n) is 3.56. The second-order valence-electron chi connectivity index (χ2n) is 7.64. The van der Waals surface area contributed by atoms with E-state index in [-0.39, 0.29) is 42.5 Å². The number of hydrogen-bond acceptors (Lipinski definition) is 8. The molecule has 35 heavy (non-hydrogen) atoms. The number of nitro groups is 1. The molecule has 1 aliphatic heterocycles. The van der Waals surface area contributed by atoms with Crippen LogP contribution in [0.4, 0.5) is 5.69 Å². The number of rotatable bonds is 7. The molecule has 0 bridgehead atoms. The number of esters is 1. The van der Waals surface area contributed by atoms with Crippen molar-refractivity contribution >= 4 is 27.6 Å². The van der Waals surface area contributed by atoms with E-state index in [0.29, 0.717) is 11.3 Å². The van der Waals surface area contributed by atoms with Gasteiger partial charge in [0.1, 0.15) is 5.76 Å². The molecule has 0 radical (unpaired) electrons. The Morgan fingerprint density at radius 1 is 0.943 bits per heavy atom. The van der Waals surface area contributed by atoms with E-state index in [0.717, 1.165) is 0 Å². The van der Waals surface area contributed by atoms with Crippen LogP contribution in [-0.4, -0.2) is 67.2 Å². The molecule has 11 nitrogen and oxygen atoms in total. The quantitative estimate of drug-likeness (QED) is 0.274. The number of benzene rings is 2. The molecule has 0 aliphatic carbocycles. The Balaban J connectivity index is 1.29. The van der Waals surface area contributed by atoms with Crippen LogP contribution in [0.2, 0.25) is 0 Å². The van der Waals surface area contributed by atoms with E-state index in [2.05, 4.69) is 0 Å². The highest BCUT2D eigenvalue weighted by atomic mass is 32.2. The van der Waals surface area contributed by atoms with Gasteiger partial charge in [0.2, 0.25) is 15.8 Å². The summed E-state index contributed by atoms with van der Waals surface area (Å²) in [6.07, 6.45) is 0. The third kappa shape index (κ3) is 5.39. The number of ether oxygens (including phenoxy) is 1. The molecule has 0 saturated carbocycles. The van der Waals surface area contributed by atoms with Crippen LogP contribution in [0, 0.1) is 10.1 Å². The van der Waals surface area contributed by atoms with Crippen LogP contribution in [0.15, 0.2) is 76.0 Å². The van der Waals surface area contributed by atoms with Gasteiger partial charge in [-0.1, -0.05) is 18.2 Å². The van der Waals surface area contributed by atoms with Crippen molar-refractivity contribution in [3.63, 3.8) is 0 Å². The molecule has 182 valence electrons. The van der Waals surface area contributed by atoms with Gasteiger partial charge in [0.05, 0.1) is 9.82 Å². The summed E-state index contributed by atoms with van der Waals surface area (Å²) in [7, 11) is -3.64. The molecule has 1 amide bonds. The van der Waals surface area contributed by atoms with Crippen LogP contribution < -0.4 is 0 Å². The van der Waals surface area contributed by atoms with Gasteiger partial charge in [-0.05, 0) is 36.4 Å². The summed E-state index contributed by atoms with van der Waals surface area (Å²) in [6.45, 7) is 0.0974. The van der Waals surface area contributed by atoms with Crippen LogP contribution in [0.3, 0.4) is 0 Å². The monoisotopic (exact) mass is 499 g/mol. The second kappa shape index (κ2) is 10.1. The van der Waals surface area contributed by atoms with Crippen LogP contribution in [0.25, 0.3) is 11.3 Å². The Kier molecular flexibility index (Phi) is 6.94. The molecule has 1 saturated heterocycles. The number of nitro benzene ring substituents is 1. The van der Waals surface area contributed by atoms with Crippen LogP contribution in [-0.2, 0) is 19.6 Å². The Morgan fingerprint density at radius 2 is 1.60 bits per heavy atom. The van der Waals surface area contributed by atoms with E-state index < -0.39 is 33.4 Å². The second-order valence-corrected chi connectivity index (χ2v) is 9.58. The minimum Gasteiger partial charge on any atom is -0.450 e. The van der Waals surface area contributed by atoms with Crippen LogP contribution in [0.5, 0.6) is 0 Å². The van der Waals surface area contributed by atoms with Crippen molar-refractivity contribution in [2.24, 2.45) is 0 Å². The number of non-ortho nitro benzene ring substituents is 1. The first-order valence-electron chi connectivity index (χ1n) is 10.6. The van der Waals surface area contributed by atoms with Crippen molar-refractivity contribution < 1.29 is 32.1 Å². The third-order valence-electron chi connectivity index (χ3n) is 5.47. The molecule has 2 heterocycles. The van der Waals surface area contributed by atoms with Crippen molar-refractivity contribution in [1.29, 1.82) is 0 Å². The Labute approximate surface area is 200 Å². The van der Waals surface area contributed by atoms with E-state index in [1.165, 1.54) is 57.7 Å².